The van der Waals surface area contributed by atoms with Crippen molar-refractivity contribution in [3.63, 3.8) is 0 Å². The average molecular weight is 522 g/mol. The summed E-state index contributed by atoms with van der Waals surface area (Å²) < 4.78 is 53.5. The number of amides is 1. The van der Waals surface area contributed by atoms with Crippen LogP contribution in [-0.2, 0) is 14.8 Å². The number of hydrogen-bond acceptors (Lipinski definition) is 6. The van der Waals surface area contributed by atoms with Gasteiger partial charge in [-0.05, 0) is 48.5 Å². The van der Waals surface area contributed by atoms with Crippen molar-refractivity contribution in [1.82, 2.24) is 14.5 Å². The van der Waals surface area contributed by atoms with Gasteiger partial charge in [-0.15, -0.1) is 0 Å². The topological polar surface area (TPSA) is 88.2 Å². The average Bonchev–Trinajstić information content (AvgIpc) is 3.44. The number of carbonyl (C=O) groups is 1. The largest absolute Gasteiger partial charge is 0.486 e. The number of benzene rings is 2. The van der Waals surface area contributed by atoms with E-state index in [1.807, 2.05) is 0 Å². The number of hydrogen-bond donors (Lipinski definition) is 1. The Hall–Kier alpha value is -2.66. The summed E-state index contributed by atoms with van der Waals surface area (Å²) in [5.74, 6) is -0.511. The van der Waals surface area contributed by atoms with Crippen LogP contribution in [0.2, 0.25) is 5.02 Å². The zero-order valence-electron chi connectivity index (χ0n) is 19.1. The van der Waals surface area contributed by atoms with Crippen molar-refractivity contribution in [2.24, 2.45) is 0 Å². The summed E-state index contributed by atoms with van der Waals surface area (Å²) in [6, 6.07) is 8.81. The third-order valence-electron chi connectivity index (χ3n) is 6.50. The van der Waals surface area contributed by atoms with Crippen LogP contribution in [0.3, 0.4) is 0 Å². The molecule has 2 aromatic rings. The second-order valence-corrected chi connectivity index (χ2v) is 11.1. The molecule has 186 valence electrons. The minimum atomic E-state index is -3.75. The Labute approximate surface area is 208 Å². The zero-order chi connectivity index (χ0) is 24.7. The number of nitrogens with zero attached hydrogens (tertiary/aromatic N) is 2. The summed E-state index contributed by atoms with van der Waals surface area (Å²) in [6.45, 7) is 2.08. The maximum Gasteiger partial charge on any atom is 0.243 e. The summed E-state index contributed by atoms with van der Waals surface area (Å²) in [4.78, 5) is 15.2. The lowest BCUT2D eigenvalue weighted by atomic mass is 9.96. The van der Waals surface area contributed by atoms with Gasteiger partial charge in [0.1, 0.15) is 19.0 Å². The highest BCUT2D eigenvalue weighted by Gasteiger charge is 2.39. The van der Waals surface area contributed by atoms with E-state index in [-0.39, 0.29) is 36.0 Å². The molecule has 0 aliphatic carbocycles. The number of halogens is 2. The Morgan fingerprint density at radius 1 is 1.06 bits per heavy atom. The molecule has 5 rings (SSSR count). The SMILES string of the molecule is CNC[C@H](C(=O)N1CC2=C(C1)CN(S(=O)(=O)c1ccc3c(c1)OCCO3)C2)c1cc(Cl)ccc1F. The molecule has 0 radical (unpaired) electrons. The van der Waals surface area contributed by atoms with E-state index in [0.717, 1.165) is 11.1 Å². The van der Waals surface area contributed by atoms with Crippen LogP contribution in [0, 0.1) is 5.82 Å². The fraction of sp³-hybridized carbons (Fsp3) is 0.375. The Kier molecular flexibility index (Phi) is 6.47. The van der Waals surface area contributed by atoms with Crippen LogP contribution in [0.15, 0.2) is 52.4 Å². The molecule has 1 amide bonds. The van der Waals surface area contributed by atoms with Gasteiger partial charge in [0.15, 0.2) is 11.5 Å². The number of nitrogens with one attached hydrogen (secondary N) is 1. The predicted molar refractivity (Wildman–Crippen MR) is 128 cm³/mol. The van der Waals surface area contributed by atoms with Crippen molar-refractivity contribution in [3.8, 4) is 11.5 Å². The molecule has 1 atom stereocenters. The minimum absolute atomic E-state index is 0.140. The lowest BCUT2D eigenvalue weighted by Crippen LogP contribution is -2.40. The van der Waals surface area contributed by atoms with Crippen LogP contribution in [0.4, 0.5) is 4.39 Å². The number of sulfonamides is 1. The van der Waals surface area contributed by atoms with Crippen molar-refractivity contribution >= 4 is 27.5 Å². The molecule has 2 aromatic carbocycles. The first-order chi connectivity index (χ1) is 16.8. The molecule has 0 saturated carbocycles. The molecule has 3 heterocycles. The standard InChI is InChI=1S/C24H25ClFN3O5S/c1-27-10-20(19-8-17(25)2-4-21(19)26)24(30)28-11-15-13-29(14-16(15)12-28)35(31,32)18-3-5-22-23(9-18)34-7-6-33-22/h2-5,8-9,20,27H,6-7,10-14H2,1H3/t20-/m0/s1. The molecule has 0 unspecified atom stereocenters. The van der Waals surface area contributed by atoms with Crippen LogP contribution in [-0.4, -0.2) is 76.5 Å². The van der Waals surface area contributed by atoms with Gasteiger partial charge in [-0.25, -0.2) is 12.8 Å². The smallest absolute Gasteiger partial charge is 0.243 e. The molecule has 0 bridgehead atoms. The highest BCUT2D eigenvalue weighted by atomic mass is 35.5. The van der Waals surface area contributed by atoms with E-state index >= 15 is 0 Å². The van der Waals surface area contributed by atoms with E-state index in [4.69, 9.17) is 21.1 Å². The summed E-state index contributed by atoms with van der Waals surface area (Å²) >= 11 is 6.05. The Balaban J connectivity index is 1.29. The molecule has 11 heteroatoms. The first kappa shape index (κ1) is 24.1. The van der Waals surface area contributed by atoms with Crippen molar-refractivity contribution < 1.29 is 27.1 Å². The van der Waals surface area contributed by atoms with Crippen molar-refractivity contribution in [2.75, 3.05) is 53.0 Å². The van der Waals surface area contributed by atoms with E-state index in [0.29, 0.717) is 42.8 Å². The molecule has 0 fully saturated rings. The fourth-order valence-electron chi connectivity index (χ4n) is 4.74. The lowest BCUT2D eigenvalue weighted by Gasteiger charge is -2.27. The highest BCUT2D eigenvalue weighted by molar-refractivity contribution is 7.89. The van der Waals surface area contributed by atoms with Gasteiger partial charge in [-0.3, -0.25) is 4.79 Å². The van der Waals surface area contributed by atoms with Gasteiger partial charge in [0.05, 0.1) is 10.8 Å². The first-order valence-corrected chi connectivity index (χ1v) is 13.1. The number of ether oxygens (including phenoxy) is 2. The Morgan fingerprint density at radius 3 is 2.43 bits per heavy atom. The van der Waals surface area contributed by atoms with Gasteiger partial charge in [-0.1, -0.05) is 11.6 Å². The highest BCUT2D eigenvalue weighted by Crippen LogP contribution is 2.36. The third-order valence-corrected chi connectivity index (χ3v) is 8.52. The molecule has 0 saturated heterocycles. The number of fused-ring (bicyclic) bond motifs is 1. The molecular weight excluding hydrogens is 497 g/mol. The van der Waals surface area contributed by atoms with Crippen LogP contribution in [0.1, 0.15) is 11.5 Å². The van der Waals surface area contributed by atoms with Gasteiger partial charge >= 0.3 is 0 Å². The van der Waals surface area contributed by atoms with Crippen molar-refractivity contribution in [1.29, 1.82) is 0 Å². The van der Waals surface area contributed by atoms with Crippen LogP contribution in [0.5, 0.6) is 11.5 Å². The summed E-state index contributed by atoms with van der Waals surface area (Å²) in [5, 5.41) is 3.32. The summed E-state index contributed by atoms with van der Waals surface area (Å²) in [5.41, 5.74) is 2.04. The molecule has 1 N–H and O–H groups in total. The lowest BCUT2D eigenvalue weighted by molar-refractivity contribution is -0.131. The van der Waals surface area contributed by atoms with Crippen molar-refractivity contribution in [2.45, 2.75) is 10.8 Å². The van der Waals surface area contributed by atoms with E-state index in [2.05, 4.69) is 5.32 Å². The molecule has 0 spiro atoms. The molecule has 3 aliphatic rings. The predicted octanol–water partition coefficient (Wildman–Crippen LogP) is 2.40. The van der Waals surface area contributed by atoms with E-state index in [9.17, 15) is 17.6 Å². The van der Waals surface area contributed by atoms with E-state index < -0.39 is 21.8 Å². The van der Waals surface area contributed by atoms with Gasteiger partial charge in [0.25, 0.3) is 0 Å². The van der Waals surface area contributed by atoms with Gasteiger partial charge in [0, 0.05) is 49.4 Å². The zero-order valence-corrected chi connectivity index (χ0v) is 20.7. The van der Waals surface area contributed by atoms with Crippen molar-refractivity contribution in [3.05, 3.63) is 63.9 Å². The Morgan fingerprint density at radius 2 is 1.74 bits per heavy atom. The Bertz CT molecular complexity index is 1300. The number of carbonyl (C=O) groups excluding carboxylic acids is 1. The van der Waals surface area contributed by atoms with E-state index in [1.54, 1.807) is 18.0 Å². The van der Waals surface area contributed by atoms with Crippen LogP contribution in [0.25, 0.3) is 0 Å². The van der Waals surface area contributed by atoms with Crippen LogP contribution < -0.4 is 14.8 Å². The first-order valence-electron chi connectivity index (χ1n) is 11.3. The molecule has 8 nitrogen and oxygen atoms in total. The minimum Gasteiger partial charge on any atom is -0.486 e. The number of rotatable bonds is 6. The second-order valence-electron chi connectivity index (χ2n) is 8.76. The number of likely N-dealkylation sites (N-methyl/N-ethyl adjacent to an activating group) is 1. The second kappa shape index (κ2) is 9.42. The molecule has 0 aromatic heterocycles. The van der Waals surface area contributed by atoms with E-state index in [1.165, 1.54) is 34.6 Å². The molecule has 35 heavy (non-hydrogen) atoms. The summed E-state index contributed by atoms with van der Waals surface area (Å²) in [7, 11) is -2.05. The molecule has 3 aliphatic heterocycles. The monoisotopic (exact) mass is 521 g/mol. The normalized spacial score (nSPS) is 18.7. The fourth-order valence-corrected chi connectivity index (χ4v) is 6.37. The summed E-state index contributed by atoms with van der Waals surface area (Å²) in [6.07, 6.45) is 0. The maximum atomic E-state index is 14.5. The molecular formula is C24H25ClFN3O5S. The maximum absolute atomic E-state index is 14.5. The van der Waals surface area contributed by atoms with Gasteiger partial charge < -0.3 is 19.7 Å². The van der Waals surface area contributed by atoms with Crippen LogP contribution >= 0.6 is 11.6 Å². The van der Waals surface area contributed by atoms with Gasteiger partial charge in [0.2, 0.25) is 15.9 Å². The van der Waals surface area contributed by atoms with Gasteiger partial charge in [-0.2, -0.15) is 4.31 Å². The quantitative estimate of drug-likeness (QED) is 0.587. The third kappa shape index (κ3) is 4.51.